The lowest BCUT2D eigenvalue weighted by Gasteiger charge is -2.24. The van der Waals surface area contributed by atoms with Crippen molar-refractivity contribution in [3.05, 3.63) is 30.5 Å². The number of methoxy groups -OCH3 is 2. The molecule has 0 spiro atoms. The number of H-pyrrole nitrogens is 1. The lowest BCUT2D eigenvalue weighted by atomic mass is 10.1. The summed E-state index contributed by atoms with van der Waals surface area (Å²) in [6.07, 6.45) is 8.87. The van der Waals surface area contributed by atoms with E-state index in [2.05, 4.69) is 39.8 Å². The Morgan fingerprint density at radius 2 is 1.85 bits per heavy atom. The number of nitrogens with zero attached hydrogens (tertiary/aromatic N) is 7. The molecule has 0 aromatic carbocycles. The number of hydrogen-bond acceptors (Lipinski definition) is 9. The summed E-state index contributed by atoms with van der Waals surface area (Å²) < 4.78 is 10.3. The normalized spacial score (nSPS) is 16.7. The molecule has 3 aromatic rings. The van der Waals surface area contributed by atoms with Crippen LogP contribution in [0.3, 0.4) is 0 Å². The SMILES string of the molecule is COc1nc(OC)nc(N2CCC[C@H]2c2cnc(-c3ncc[nH]3)cn2)n1. The molecular formula is C16H18N8O2. The van der Waals surface area contributed by atoms with Gasteiger partial charge in [-0.25, -0.2) is 9.97 Å². The second kappa shape index (κ2) is 6.90. The van der Waals surface area contributed by atoms with Gasteiger partial charge in [0.15, 0.2) is 5.82 Å². The second-order valence-corrected chi connectivity index (χ2v) is 5.72. The first-order valence-corrected chi connectivity index (χ1v) is 8.21. The van der Waals surface area contributed by atoms with Crippen LogP contribution in [0.15, 0.2) is 24.8 Å². The van der Waals surface area contributed by atoms with Crippen molar-refractivity contribution in [2.45, 2.75) is 18.9 Å². The largest absolute Gasteiger partial charge is 0.467 e. The van der Waals surface area contributed by atoms with Gasteiger partial charge in [-0.1, -0.05) is 0 Å². The Kier molecular flexibility index (Phi) is 4.30. The predicted octanol–water partition coefficient (Wildman–Crippen LogP) is 1.41. The minimum absolute atomic E-state index is 0.0324. The standard InChI is InChI=1S/C16H18N8O2/c1-25-15-21-14(22-16(23-15)26-2)24-7-3-4-12(24)10-8-20-11(9-19-10)13-17-5-6-18-13/h5-6,8-9,12H,3-4,7H2,1-2H3,(H,17,18)/t12-/m0/s1. The highest BCUT2D eigenvalue weighted by atomic mass is 16.5. The fourth-order valence-electron chi connectivity index (χ4n) is 2.99. The second-order valence-electron chi connectivity index (χ2n) is 5.72. The molecule has 1 aliphatic rings. The first kappa shape index (κ1) is 16.2. The molecule has 1 fully saturated rings. The molecule has 1 aliphatic heterocycles. The van der Waals surface area contributed by atoms with Crippen molar-refractivity contribution in [2.24, 2.45) is 0 Å². The van der Waals surface area contributed by atoms with Gasteiger partial charge in [0.2, 0.25) is 5.95 Å². The van der Waals surface area contributed by atoms with Gasteiger partial charge in [-0.05, 0) is 12.8 Å². The third-order valence-electron chi connectivity index (χ3n) is 4.21. The number of ether oxygens (including phenoxy) is 2. The van der Waals surface area contributed by atoms with E-state index in [1.54, 1.807) is 24.8 Å². The summed E-state index contributed by atoms with van der Waals surface area (Å²) in [6, 6.07) is 0.471. The van der Waals surface area contributed by atoms with E-state index in [9.17, 15) is 0 Å². The first-order chi connectivity index (χ1) is 12.8. The van der Waals surface area contributed by atoms with E-state index >= 15 is 0 Å². The Bertz CT molecular complexity index is 846. The molecule has 0 aliphatic carbocycles. The van der Waals surface area contributed by atoms with Gasteiger partial charge >= 0.3 is 12.0 Å². The third kappa shape index (κ3) is 3.01. The van der Waals surface area contributed by atoms with Gasteiger partial charge in [-0.2, -0.15) is 9.97 Å². The maximum Gasteiger partial charge on any atom is 0.324 e. The van der Waals surface area contributed by atoms with Crippen LogP contribution in [0.5, 0.6) is 12.0 Å². The topological polar surface area (TPSA) is 115 Å². The lowest BCUT2D eigenvalue weighted by Crippen LogP contribution is -2.26. The summed E-state index contributed by atoms with van der Waals surface area (Å²) in [4.78, 5) is 31.1. The zero-order valence-electron chi connectivity index (χ0n) is 14.5. The molecule has 10 nitrogen and oxygen atoms in total. The molecule has 0 bridgehead atoms. The summed E-state index contributed by atoms with van der Waals surface area (Å²) in [5, 5.41) is 0. The first-order valence-electron chi connectivity index (χ1n) is 8.21. The molecule has 10 heteroatoms. The molecule has 0 amide bonds. The molecular weight excluding hydrogens is 336 g/mol. The minimum Gasteiger partial charge on any atom is -0.467 e. The summed E-state index contributed by atoms with van der Waals surface area (Å²) in [5.41, 5.74) is 1.56. The van der Waals surface area contributed by atoms with E-state index in [1.165, 1.54) is 14.2 Å². The van der Waals surface area contributed by atoms with Crippen molar-refractivity contribution < 1.29 is 9.47 Å². The molecule has 3 aromatic heterocycles. The van der Waals surface area contributed by atoms with Crippen LogP contribution < -0.4 is 14.4 Å². The number of aromatic amines is 1. The Hall–Kier alpha value is -3.30. The fourth-order valence-corrected chi connectivity index (χ4v) is 2.99. The molecule has 134 valence electrons. The van der Waals surface area contributed by atoms with Crippen molar-refractivity contribution in [3.8, 4) is 23.5 Å². The number of hydrogen-bond donors (Lipinski definition) is 1. The van der Waals surface area contributed by atoms with Crippen LogP contribution in [0.4, 0.5) is 5.95 Å². The zero-order chi connectivity index (χ0) is 17.9. The molecule has 26 heavy (non-hydrogen) atoms. The highest BCUT2D eigenvalue weighted by Gasteiger charge is 2.30. The molecule has 0 radical (unpaired) electrons. The number of nitrogens with one attached hydrogen (secondary N) is 1. The van der Waals surface area contributed by atoms with Crippen molar-refractivity contribution in [2.75, 3.05) is 25.7 Å². The van der Waals surface area contributed by atoms with Crippen molar-refractivity contribution >= 4 is 5.95 Å². The quantitative estimate of drug-likeness (QED) is 0.726. The summed E-state index contributed by atoms with van der Waals surface area (Å²) in [5.74, 6) is 1.20. The summed E-state index contributed by atoms with van der Waals surface area (Å²) in [6.45, 7) is 0.808. The molecule has 1 N–H and O–H groups in total. The van der Waals surface area contributed by atoms with E-state index in [-0.39, 0.29) is 18.1 Å². The average Bonchev–Trinajstić information content (AvgIpc) is 3.39. The van der Waals surface area contributed by atoms with Crippen LogP contribution in [0.25, 0.3) is 11.5 Å². The van der Waals surface area contributed by atoms with Crippen LogP contribution in [0.1, 0.15) is 24.6 Å². The molecule has 4 rings (SSSR count). The summed E-state index contributed by atoms with van der Waals surface area (Å²) in [7, 11) is 3.03. The summed E-state index contributed by atoms with van der Waals surface area (Å²) >= 11 is 0. The Morgan fingerprint density at radius 1 is 1.04 bits per heavy atom. The Morgan fingerprint density at radius 3 is 2.46 bits per heavy atom. The Balaban J connectivity index is 1.62. The highest BCUT2D eigenvalue weighted by Crippen LogP contribution is 2.34. The van der Waals surface area contributed by atoms with E-state index in [0.29, 0.717) is 17.5 Å². The van der Waals surface area contributed by atoms with Gasteiger partial charge in [-0.3, -0.25) is 4.98 Å². The maximum absolute atomic E-state index is 5.15. The number of rotatable bonds is 5. The van der Waals surface area contributed by atoms with Crippen molar-refractivity contribution in [1.29, 1.82) is 0 Å². The molecule has 0 unspecified atom stereocenters. The Labute approximate surface area is 149 Å². The van der Waals surface area contributed by atoms with Gasteiger partial charge in [0, 0.05) is 18.9 Å². The van der Waals surface area contributed by atoms with Crippen molar-refractivity contribution in [1.82, 2.24) is 34.9 Å². The highest BCUT2D eigenvalue weighted by molar-refractivity contribution is 5.47. The van der Waals surface area contributed by atoms with E-state index in [4.69, 9.17) is 9.47 Å². The molecule has 4 heterocycles. The van der Waals surface area contributed by atoms with E-state index in [0.717, 1.165) is 25.1 Å². The number of aromatic nitrogens is 7. The zero-order valence-corrected chi connectivity index (χ0v) is 14.5. The van der Waals surface area contributed by atoms with Crippen LogP contribution in [0.2, 0.25) is 0 Å². The van der Waals surface area contributed by atoms with Gasteiger partial charge in [0.25, 0.3) is 0 Å². The lowest BCUT2D eigenvalue weighted by molar-refractivity contribution is 0.339. The van der Waals surface area contributed by atoms with Crippen LogP contribution in [-0.2, 0) is 0 Å². The maximum atomic E-state index is 5.15. The van der Waals surface area contributed by atoms with Gasteiger partial charge < -0.3 is 19.4 Å². The van der Waals surface area contributed by atoms with Crippen LogP contribution in [-0.4, -0.2) is 55.7 Å². The average molecular weight is 354 g/mol. The predicted molar refractivity (Wildman–Crippen MR) is 91.9 cm³/mol. The smallest absolute Gasteiger partial charge is 0.324 e. The van der Waals surface area contributed by atoms with E-state index in [1.807, 2.05) is 0 Å². The van der Waals surface area contributed by atoms with E-state index < -0.39 is 0 Å². The third-order valence-corrected chi connectivity index (χ3v) is 4.21. The molecule has 1 saturated heterocycles. The van der Waals surface area contributed by atoms with Gasteiger partial charge in [0.1, 0.15) is 5.69 Å². The molecule has 1 atom stereocenters. The number of anilines is 1. The molecule has 0 saturated carbocycles. The van der Waals surface area contributed by atoms with Crippen molar-refractivity contribution in [3.63, 3.8) is 0 Å². The monoisotopic (exact) mass is 354 g/mol. The van der Waals surface area contributed by atoms with Gasteiger partial charge in [0.05, 0.1) is 38.3 Å². The minimum atomic E-state index is 0.0324. The number of imidazole rings is 1. The van der Waals surface area contributed by atoms with Crippen LogP contribution >= 0.6 is 0 Å². The van der Waals surface area contributed by atoms with Gasteiger partial charge in [-0.15, -0.1) is 4.98 Å². The fraction of sp³-hybridized carbons (Fsp3) is 0.375. The van der Waals surface area contributed by atoms with Crippen LogP contribution in [0, 0.1) is 0 Å².